The second-order valence-electron chi connectivity index (χ2n) is 7.09. The Kier molecular flexibility index (Phi) is 6.69. The summed E-state index contributed by atoms with van der Waals surface area (Å²) >= 11 is 5.67. The maximum Gasteiger partial charge on any atom is 0.238 e. The van der Waals surface area contributed by atoms with E-state index >= 15 is 0 Å². The molecule has 5 nitrogen and oxygen atoms in total. The van der Waals surface area contributed by atoms with Crippen LogP contribution in [0.2, 0.25) is 0 Å². The van der Waals surface area contributed by atoms with Crippen LogP contribution in [0.25, 0.3) is 11.5 Å². The Balaban J connectivity index is 2.05. The first-order valence-electron chi connectivity index (χ1n) is 9.52. The molecule has 1 aromatic heterocycles. The van der Waals surface area contributed by atoms with Crippen LogP contribution in [0.5, 0.6) is 5.75 Å². The van der Waals surface area contributed by atoms with Gasteiger partial charge in [-0.05, 0) is 48.1 Å². The number of aryl methyl sites for hydroxylation is 1. The summed E-state index contributed by atoms with van der Waals surface area (Å²) < 4.78 is 6.96. The number of nitrogens with zero attached hydrogens (tertiary/aromatic N) is 2. The molecule has 1 N–H and O–H groups in total. The molecule has 0 saturated carbocycles. The summed E-state index contributed by atoms with van der Waals surface area (Å²) in [5.41, 5.74) is 3.88. The first-order valence-corrected chi connectivity index (χ1v) is 9.92. The summed E-state index contributed by atoms with van der Waals surface area (Å²) in [4.78, 5) is 2.35. The lowest BCUT2D eigenvalue weighted by Gasteiger charge is -2.18. The Bertz CT molecular complexity index is 1060. The van der Waals surface area contributed by atoms with Crippen molar-refractivity contribution in [2.24, 2.45) is 0 Å². The molecule has 0 spiro atoms. The van der Waals surface area contributed by atoms with Gasteiger partial charge in [0.25, 0.3) is 0 Å². The van der Waals surface area contributed by atoms with Gasteiger partial charge in [-0.25, -0.2) is 0 Å². The smallest absolute Gasteiger partial charge is 0.238 e. The number of nitrogens with one attached hydrogen (secondary N) is 1. The summed E-state index contributed by atoms with van der Waals surface area (Å²) in [5, 5.41) is 16.6. The Hall–Kier alpha value is -3.38. The number of benzene rings is 2. The molecular formula is C24H25N3O2S. The van der Waals surface area contributed by atoms with Crippen molar-refractivity contribution in [3.05, 3.63) is 84.2 Å². The summed E-state index contributed by atoms with van der Waals surface area (Å²) in [6.07, 6.45) is 3.69. The first kappa shape index (κ1) is 21.3. The van der Waals surface area contributed by atoms with Crippen LogP contribution in [0.4, 0.5) is 11.4 Å². The van der Waals surface area contributed by atoms with E-state index < -0.39 is 0 Å². The molecule has 0 radical (unpaired) electrons. The van der Waals surface area contributed by atoms with Crippen LogP contribution in [-0.2, 0) is 0 Å². The summed E-state index contributed by atoms with van der Waals surface area (Å²) in [7, 11) is 5.53. The first-order chi connectivity index (χ1) is 14.4. The van der Waals surface area contributed by atoms with Crippen LogP contribution < -0.4 is 24.6 Å². The molecule has 2 aromatic carbocycles. The maximum absolute atomic E-state index is 13.4. The van der Waals surface area contributed by atoms with Crippen molar-refractivity contribution < 1.29 is 14.4 Å². The molecule has 1 heterocycles. The van der Waals surface area contributed by atoms with Crippen molar-refractivity contribution in [3.8, 4) is 5.75 Å². The third kappa shape index (κ3) is 4.96. The van der Waals surface area contributed by atoms with Gasteiger partial charge >= 0.3 is 0 Å². The van der Waals surface area contributed by atoms with Crippen molar-refractivity contribution in [2.75, 3.05) is 31.4 Å². The second kappa shape index (κ2) is 9.41. The Morgan fingerprint density at radius 2 is 1.70 bits per heavy atom. The number of pyridine rings is 1. The van der Waals surface area contributed by atoms with E-state index in [1.807, 2.05) is 74.7 Å². The Morgan fingerprint density at radius 1 is 1.03 bits per heavy atom. The monoisotopic (exact) mass is 419 g/mol. The van der Waals surface area contributed by atoms with E-state index in [4.69, 9.17) is 17.0 Å². The number of rotatable bonds is 6. The lowest BCUT2D eigenvalue weighted by atomic mass is 10.1. The fourth-order valence-corrected chi connectivity index (χ4v) is 3.31. The summed E-state index contributed by atoms with van der Waals surface area (Å²) in [6.45, 7) is 2.01. The largest absolute Gasteiger partial charge is 0.867 e. The van der Waals surface area contributed by atoms with Gasteiger partial charge in [0.1, 0.15) is 5.75 Å². The van der Waals surface area contributed by atoms with Crippen LogP contribution in [0.15, 0.2) is 73.1 Å². The molecule has 6 heteroatoms. The molecule has 0 bridgehead atoms. The topological polar surface area (TPSA) is 51.4 Å². The molecule has 0 fully saturated rings. The maximum atomic E-state index is 13.4. The number of ether oxygens (including phenoxy) is 1. The minimum absolute atomic E-state index is 0.176. The van der Waals surface area contributed by atoms with Gasteiger partial charge in [0.2, 0.25) is 5.70 Å². The van der Waals surface area contributed by atoms with Gasteiger partial charge in [0.15, 0.2) is 17.4 Å². The van der Waals surface area contributed by atoms with Gasteiger partial charge in [-0.15, -0.1) is 0 Å². The van der Waals surface area contributed by atoms with Crippen LogP contribution >= 0.6 is 12.2 Å². The normalized spacial score (nSPS) is 11.5. The number of hydrogen-bond donors (Lipinski definition) is 1. The Morgan fingerprint density at radius 3 is 2.27 bits per heavy atom. The van der Waals surface area contributed by atoms with Gasteiger partial charge in [0, 0.05) is 37.6 Å². The fourth-order valence-electron chi connectivity index (χ4n) is 3.00. The van der Waals surface area contributed by atoms with Crippen molar-refractivity contribution in [2.45, 2.75) is 6.92 Å². The summed E-state index contributed by atoms with van der Waals surface area (Å²) in [5.74, 6) is 0.516. The van der Waals surface area contributed by atoms with Crippen molar-refractivity contribution >= 4 is 40.0 Å². The zero-order valence-corrected chi connectivity index (χ0v) is 18.4. The highest BCUT2D eigenvalue weighted by molar-refractivity contribution is 7.81. The molecule has 0 aliphatic heterocycles. The molecule has 0 unspecified atom stereocenters. The van der Waals surface area contributed by atoms with Crippen LogP contribution in [0.1, 0.15) is 11.1 Å². The van der Waals surface area contributed by atoms with E-state index in [1.165, 1.54) is 0 Å². The molecule has 3 rings (SSSR count). The average molecular weight is 420 g/mol. The third-order valence-corrected chi connectivity index (χ3v) is 4.94. The quantitative estimate of drug-likeness (QED) is 0.287. The zero-order chi connectivity index (χ0) is 21.7. The minimum atomic E-state index is -0.176. The molecule has 0 atom stereocenters. The zero-order valence-electron chi connectivity index (χ0n) is 17.5. The molecule has 0 amide bonds. The van der Waals surface area contributed by atoms with Crippen LogP contribution in [-0.4, -0.2) is 26.2 Å². The van der Waals surface area contributed by atoms with Gasteiger partial charge in [-0.3, -0.25) is 0 Å². The van der Waals surface area contributed by atoms with Crippen LogP contribution in [0.3, 0.4) is 0 Å². The number of hydrogen-bond acceptors (Lipinski definition) is 4. The predicted octanol–water partition coefficient (Wildman–Crippen LogP) is 3.48. The average Bonchev–Trinajstić information content (AvgIpc) is 2.74. The fraction of sp³-hybridized carbons (Fsp3) is 0.167. The SMILES string of the molecule is COc1ccc(C([O-])=C(C(=S)Nc2cccc(C)c2)[n+]2ccc(N(C)C)cc2)cc1. The van der Waals surface area contributed by atoms with Gasteiger partial charge in [-0.1, -0.05) is 36.5 Å². The van der Waals surface area contributed by atoms with Gasteiger partial charge in [-0.2, -0.15) is 4.57 Å². The number of aromatic nitrogens is 1. The van der Waals surface area contributed by atoms with E-state index in [9.17, 15) is 5.11 Å². The molecule has 0 aliphatic rings. The second-order valence-corrected chi connectivity index (χ2v) is 7.50. The summed E-state index contributed by atoms with van der Waals surface area (Å²) in [6, 6.07) is 18.8. The standard InChI is InChI=1S/C24H25N3O2S/c1-17-6-5-7-19(16-17)25-24(30)22(27-14-12-20(13-15-27)26(2)3)23(28)18-8-10-21(29-4)11-9-18/h5-16H,1-4H3,(H-,25,28,30). The number of methoxy groups -OCH3 is 1. The highest BCUT2D eigenvalue weighted by Gasteiger charge is 2.19. The van der Waals surface area contributed by atoms with Crippen molar-refractivity contribution in [3.63, 3.8) is 0 Å². The molecule has 0 saturated heterocycles. The van der Waals surface area contributed by atoms with Crippen molar-refractivity contribution in [1.29, 1.82) is 0 Å². The molecule has 3 aromatic rings. The van der Waals surface area contributed by atoms with E-state index in [-0.39, 0.29) is 5.76 Å². The molecule has 30 heavy (non-hydrogen) atoms. The number of anilines is 2. The predicted molar refractivity (Wildman–Crippen MR) is 124 cm³/mol. The molecular weight excluding hydrogens is 394 g/mol. The highest BCUT2D eigenvalue weighted by atomic mass is 32.1. The third-order valence-electron chi connectivity index (χ3n) is 4.64. The van der Waals surface area contributed by atoms with E-state index in [0.29, 0.717) is 22.0 Å². The van der Waals surface area contributed by atoms with Gasteiger partial charge < -0.3 is 20.1 Å². The minimum Gasteiger partial charge on any atom is -0.867 e. The van der Waals surface area contributed by atoms with E-state index in [2.05, 4.69) is 5.32 Å². The van der Waals surface area contributed by atoms with E-state index in [0.717, 1.165) is 16.9 Å². The molecule has 0 aliphatic carbocycles. The molecule has 154 valence electrons. The highest BCUT2D eigenvalue weighted by Crippen LogP contribution is 2.20. The van der Waals surface area contributed by atoms with E-state index in [1.54, 1.807) is 35.9 Å². The Labute approximate surface area is 182 Å². The number of thiocarbonyl (C=S) groups is 1. The lowest BCUT2D eigenvalue weighted by molar-refractivity contribution is -0.577. The van der Waals surface area contributed by atoms with Gasteiger partial charge in [0.05, 0.1) is 7.11 Å². The van der Waals surface area contributed by atoms with Crippen LogP contribution in [0, 0.1) is 6.92 Å². The lowest BCUT2D eigenvalue weighted by Crippen LogP contribution is -2.40. The van der Waals surface area contributed by atoms with Crippen molar-refractivity contribution in [1.82, 2.24) is 0 Å².